The summed E-state index contributed by atoms with van der Waals surface area (Å²) in [5.74, 6) is 3.39. The molecular formula is C60H57ClN4. The van der Waals surface area contributed by atoms with Gasteiger partial charge in [0, 0.05) is 40.9 Å². The summed E-state index contributed by atoms with van der Waals surface area (Å²) in [4.78, 5) is 9.80. The highest BCUT2D eigenvalue weighted by Crippen LogP contribution is 2.41. The third kappa shape index (κ3) is 8.52. The molecule has 0 saturated carbocycles. The molecule has 0 atom stereocenters. The molecule has 0 amide bonds. The molecule has 0 aliphatic heterocycles. The Bertz CT molecular complexity index is 2850. The Balaban J connectivity index is 1.04. The Kier molecular flexibility index (Phi) is 12.3. The molecule has 0 aliphatic rings. The molecule has 0 spiro atoms. The number of aromatic nitrogens is 4. The topological polar surface area (TPSA) is 35.6 Å². The zero-order chi connectivity index (χ0) is 45.4. The highest BCUT2D eigenvalue weighted by atomic mass is 35.5. The summed E-state index contributed by atoms with van der Waals surface area (Å²) in [6.07, 6.45) is 8.03. The van der Waals surface area contributed by atoms with E-state index in [1.54, 1.807) is 0 Å². The molecule has 0 bridgehead atoms. The van der Waals surface area contributed by atoms with E-state index in [1.807, 2.05) is 12.4 Å². The summed E-state index contributed by atoms with van der Waals surface area (Å²) >= 11 is 7.04. The molecule has 5 heteroatoms. The Morgan fingerprint density at radius 1 is 0.354 bits per heavy atom. The second kappa shape index (κ2) is 18.4. The van der Waals surface area contributed by atoms with Crippen LogP contribution in [0.4, 0.5) is 0 Å². The van der Waals surface area contributed by atoms with E-state index in [-0.39, 0.29) is 0 Å². The van der Waals surface area contributed by atoms with Gasteiger partial charge in [-0.25, -0.2) is 9.97 Å². The first-order chi connectivity index (χ1) is 31.5. The number of hydrogen-bond acceptors (Lipinski definition) is 2. The van der Waals surface area contributed by atoms with E-state index in [0.717, 1.165) is 67.3 Å². The van der Waals surface area contributed by atoms with Crippen molar-refractivity contribution in [3.8, 4) is 78.7 Å². The highest BCUT2D eigenvalue weighted by Gasteiger charge is 2.21. The molecule has 0 saturated heterocycles. The minimum atomic E-state index is 0.379. The first-order valence-electron chi connectivity index (χ1n) is 23.0. The number of benzene rings is 7. The lowest BCUT2D eigenvalue weighted by atomic mass is 9.90. The summed E-state index contributed by atoms with van der Waals surface area (Å²) in [6, 6.07) is 54.7. The van der Waals surface area contributed by atoms with Gasteiger partial charge in [0.2, 0.25) is 0 Å². The second-order valence-electron chi connectivity index (χ2n) is 18.4. The van der Waals surface area contributed by atoms with Crippen molar-refractivity contribution >= 4 is 11.6 Å². The van der Waals surface area contributed by atoms with Crippen molar-refractivity contribution in [3.05, 3.63) is 204 Å². The third-order valence-corrected chi connectivity index (χ3v) is 12.9. The van der Waals surface area contributed by atoms with E-state index in [0.29, 0.717) is 28.7 Å². The predicted molar refractivity (Wildman–Crippen MR) is 275 cm³/mol. The van der Waals surface area contributed by atoms with Crippen LogP contribution in [-0.4, -0.2) is 19.1 Å². The smallest absolute Gasteiger partial charge is 0.144 e. The number of nitrogens with zero attached hydrogens (tertiary/aromatic N) is 4. The van der Waals surface area contributed by atoms with E-state index in [1.165, 1.54) is 33.6 Å². The van der Waals surface area contributed by atoms with Crippen molar-refractivity contribution in [1.82, 2.24) is 19.1 Å². The summed E-state index contributed by atoms with van der Waals surface area (Å²) in [6.45, 7) is 18.1. The average Bonchev–Trinajstić information content (AvgIpc) is 4.02. The van der Waals surface area contributed by atoms with Gasteiger partial charge in [-0.15, -0.1) is 0 Å². The minimum absolute atomic E-state index is 0.379. The molecule has 0 unspecified atom stereocenters. The minimum Gasteiger partial charge on any atom is -0.299 e. The zero-order valence-electron chi connectivity index (χ0n) is 38.7. The lowest BCUT2D eigenvalue weighted by molar-refractivity contribution is 0.806. The van der Waals surface area contributed by atoms with E-state index in [4.69, 9.17) is 21.6 Å². The van der Waals surface area contributed by atoms with Gasteiger partial charge in [0.1, 0.15) is 11.6 Å². The fraction of sp³-hybridized carbons (Fsp3) is 0.200. The van der Waals surface area contributed by atoms with Crippen molar-refractivity contribution in [3.63, 3.8) is 0 Å². The molecular weight excluding hydrogens is 812 g/mol. The third-order valence-electron chi connectivity index (χ3n) is 12.7. The zero-order valence-corrected chi connectivity index (χ0v) is 39.5. The molecule has 2 heterocycles. The van der Waals surface area contributed by atoms with Gasteiger partial charge >= 0.3 is 0 Å². The van der Waals surface area contributed by atoms with Crippen LogP contribution in [0.2, 0.25) is 5.02 Å². The quantitative estimate of drug-likeness (QED) is 0.123. The first kappa shape index (κ1) is 43.5. The van der Waals surface area contributed by atoms with Crippen LogP contribution >= 0.6 is 11.6 Å². The van der Waals surface area contributed by atoms with Crippen molar-refractivity contribution in [2.24, 2.45) is 0 Å². The number of imidazole rings is 2. The SMILES string of the molecule is CC(C)c1cccc(C(C)C)c1-n1ccnc1-c1ccc(-c2ccccc2-c2cc(Cl)cc(-c3ccccc3-c3ccc(-c4nccn4-c4c(C(C)C)cccc4C(C)C)cc3)c2)cc1. The maximum atomic E-state index is 7.04. The van der Waals surface area contributed by atoms with Crippen molar-refractivity contribution < 1.29 is 0 Å². The molecule has 9 rings (SSSR count). The fourth-order valence-corrected chi connectivity index (χ4v) is 9.68. The molecule has 4 nitrogen and oxygen atoms in total. The lowest BCUT2D eigenvalue weighted by Gasteiger charge is -2.22. The summed E-state index contributed by atoms with van der Waals surface area (Å²) in [7, 11) is 0. The largest absolute Gasteiger partial charge is 0.299 e. The molecule has 65 heavy (non-hydrogen) atoms. The van der Waals surface area contributed by atoms with E-state index in [9.17, 15) is 0 Å². The van der Waals surface area contributed by atoms with Crippen LogP contribution in [0.5, 0.6) is 0 Å². The summed E-state index contributed by atoms with van der Waals surface area (Å²) in [5, 5.41) is 0.691. The monoisotopic (exact) mass is 868 g/mol. The normalized spacial score (nSPS) is 11.7. The standard InChI is InChI=1S/C60H57ClN4/c1-38(2)49-19-13-20-50(39(3)4)57(49)64-33-31-62-59(64)44-27-23-42(24-28-44)53-15-9-11-17-55(53)46-35-47(37-48(61)36-46)56-18-12-10-16-54(56)43-25-29-45(30-26-43)60-63-32-34-65(60)58-51(40(5)6)21-14-22-52(58)41(7)8/h9-41H,1-8H3. The molecule has 0 N–H and O–H groups in total. The van der Waals surface area contributed by atoms with Gasteiger partial charge in [0.05, 0.1) is 11.4 Å². The van der Waals surface area contributed by atoms with Gasteiger partial charge in [0.25, 0.3) is 0 Å². The molecule has 324 valence electrons. The van der Waals surface area contributed by atoms with Crippen LogP contribution in [-0.2, 0) is 0 Å². The Morgan fingerprint density at radius 2 is 0.662 bits per heavy atom. The molecule has 0 aliphatic carbocycles. The fourth-order valence-electron chi connectivity index (χ4n) is 9.45. The average molecular weight is 870 g/mol. The predicted octanol–water partition coefficient (Wildman–Crippen LogP) is 17.2. The van der Waals surface area contributed by atoms with Gasteiger partial charge in [0.15, 0.2) is 0 Å². The van der Waals surface area contributed by atoms with Gasteiger partial charge < -0.3 is 0 Å². The van der Waals surface area contributed by atoms with Gasteiger partial charge in [-0.05, 0) is 109 Å². The summed E-state index contributed by atoms with van der Waals surface area (Å²) in [5.41, 5.74) is 18.8. The van der Waals surface area contributed by atoms with Crippen LogP contribution in [0, 0.1) is 0 Å². The van der Waals surface area contributed by atoms with Crippen LogP contribution in [0.25, 0.3) is 78.7 Å². The van der Waals surface area contributed by atoms with Gasteiger partial charge in [-0.1, -0.05) is 200 Å². The van der Waals surface area contributed by atoms with Gasteiger partial charge in [-0.2, -0.15) is 0 Å². The van der Waals surface area contributed by atoms with Crippen LogP contribution in [0.3, 0.4) is 0 Å². The second-order valence-corrected chi connectivity index (χ2v) is 18.8. The first-order valence-corrected chi connectivity index (χ1v) is 23.4. The molecule has 7 aromatic carbocycles. The summed E-state index contributed by atoms with van der Waals surface area (Å²) < 4.78 is 4.55. The van der Waals surface area contributed by atoms with Crippen LogP contribution < -0.4 is 0 Å². The van der Waals surface area contributed by atoms with E-state index in [2.05, 4.69) is 229 Å². The van der Waals surface area contributed by atoms with E-state index >= 15 is 0 Å². The molecule has 0 radical (unpaired) electrons. The number of halogens is 1. The number of para-hydroxylation sites is 2. The van der Waals surface area contributed by atoms with Crippen molar-refractivity contribution in [2.45, 2.75) is 79.1 Å². The number of rotatable bonds is 12. The Labute approximate surface area is 390 Å². The lowest BCUT2D eigenvalue weighted by Crippen LogP contribution is -2.07. The van der Waals surface area contributed by atoms with Crippen LogP contribution in [0.15, 0.2) is 176 Å². The molecule has 2 aromatic heterocycles. The molecule has 9 aromatic rings. The van der Waals surface area contributed by atoms with Crippen LogP contribution in [0.1, 0.15) is 101 Å². The van der Waals surface area contributed by atoms with Crippen molar-refractivity contribution in [2.75, 3.05) is 0 Å². The molecule has 0 fully saturated rings. The maximum Gasteiger partial charge on any atom is 0.144 e. The van der Waals surface area contributed by atoms with Crippen molar-refractivity contribution in [1.29, 1.82) is 0 Å². The maximum absolute atomic E-state index is 7.04. The van der Waals surface area contributed by atoms with Gasteiger partial charge in [-0.3, -0.25) is 9.13 Å². The number of hydrogen-bond donors (Lipinski definition) is 0. The van der Waals surface area contributed by atoms with E-state index < -0.39 is 0 Å². The Morgan fingerprint density at radius 3 is 0.985 bits per heavy atom. The highest BCUT2D eigenvalue weighted by molar-refractivity contribution is 6.31. The Hall–Kier alpha value is -6.75.